The van der Waals surface area contributed by atoms with E-state index < -0.39 is 11.7 Å². The molecule has 3 nitrogen and oxygen atoms in total. The topological polar surface area (TPSA) is 46.2 Å². The van der Waals surface area contributed by atoms with Gasteiger partial charge in [0.1, 0.15) is 0 Å². The molecule has 1 N–H and O–H groups in total. The smallest absolute Gasteiger partial charge is 0.325 e. The third kappa shape index (κ3) is 3.73. The number of carbonyl (C=O) groups excluding carboxylic acids is 2. The Hall–Kier alpha value is -1.99. The summed E-state index contributed by atoms with van der Waals surface area (Å²) in [5, 5.41) is 2.35. The van der Waals surface area contributed by atoms with Crippen LogP contribution >= 0.6 is 23.4 Å². The highest BCUT2D eigenvalue weighted by Crippen LogP contribution is 2.37. The van der Waals surface area contributed by atoms with Crippen LogP contribution in [0.3, 0.4) is 0 Å². The Morgan fingerprint density at radius 1 is 1.23 bits per heavy atom. The van der Waals surface area contributed by atoms with Crippen LogP contribution in [0, 0.1) is 0 Å². The lowest BCUT2D eigenvalue weighted by Gasteiger charge is -2.11. The maximum Gasteiger partial charge on any atom is 0.417 e. The largest absolute Gasteiger partial charge is 0.417 e. The highest BCUT2D eigenvalue weighted by atomic mass is 35.5. The Morgan fingerprint density at radius 3 is 2.65 bits per heavy atom. The van der Waals surface area contributed by atoms with Crippen LogP contribution in [0.2, 0.25) is 5.02 Å². The van der Waals surface area contributed by atoms with Crippen LogP contribution < -0.4 is 5.32 Å². The molecular formula is C18H13ClF3NO2S. The second kappa shape index (κ2) is 6.96. The van der Waals surface area contributed by atoms with Crippen molar-refractivity contribution in [1.29, 1.82) is 0 Å². The van der Waals surface area contributed by atoms with Gasteiger partial charge >= 0.3 is 6.18 Å². The monoisotopic (exact) mass is 399 g/mol. The molecule has 0 saturated heterocycles. The number of hydrogen-bond acceptors (Lipinski definition) is 3. The van der Waals surface area contributed by atoms with E-state index in [-0.39, 0.29) is 28.4 Å². The molecule has 0 fully saturated rings. The number of fused-ring (bicyclic) bond motifs is 1. The third-order valence-electron chi connectivity index (χ3n) is 4.10. The summed E-state index contributed by atoms with van der Waals surface area (Å²) in [6, 6.07) is 8.48. The van der Waals surface area contributed by atoms with E-state index in [1.165, 1.54) is 12.1 Å². The average Bonchev–Trinajstić information content (AvgIpc) is 2.87. The van der Waals surface area contributed by atoms with Crippen LogP contribution in [0.5, 0.6) is 0 Å². The lowest BCUT2D eigenvalue weighted by atomic mass is 9.99. The van der Waals surface area contributed by atoms with E-state index in [1.807, 2.05) is 0 Å². The van der Waals surface area contributed by atoms with Crippen LogP contribution in [-0.4, -0.2) is 17.4 Å². The van der Waals surface area contributed by atoms with Gasteiger partial charge in [-0.25, -0.2) is 0 Å². The van der Waals surface area contributed by atoms with Gasteiger partial charge in [-0.3, -0.25) is 9.59 Å². The van der Waals surface area contributed by atoms with E-state index in [4.69, 9.17) is 11.6 Å². The van der Waals surface area contributed by atoms with Crippen molar-refractivity contribution in [2.75, 3.05) is 11.1 Å². The van der Waals surface area contributed by atoms with Gasteiger partial charge in [0.2, 0.25) is 5.91 Å². The minimum atomic E-state index is -4.55. The van der Waals surface area contributed by atoms with Crippen LogP contribution in [0.4, 0.5) is 18.9 Å². The quantitative estimate of drug-likeness (QED) is 0.554. The van der Waals surface area contributed by atoms with Crippen molar-refractivity contribution in [2.24, 2.45) is 0 Å². The summed E-state index contributed by atoms with van der Waals surface area (Å²) in [5.41, 5.74) is 0.924. The van der Waals surface area contributed by atoms with Gasteiger partial charge in [-0.1, -0.05) is 11.6 Å². The molecule has 1 atom stereocenters. The summed E-state index contributed by atoms with van der Waals surface area (Å²) in [5.74, 6) is -0.711. The molecule has 1 aliphatic rings. The average molecular weight is 400 g/mol. The Balaban J connectivity index is 1.73. The second-order valence-electron chi connectivity index (χ2n) is 5.86. The molecule has 26 heavy (non-hydrogen) atoms. The van der Waals surface area contributed by atoms with Crippen LogP contribution in [0.15, 0.2) is 41.3 Å². The summed E-state index contributed by atoms with van der Waals surface area (Å²) in [6.45, 7) is 1.75. The van der Waals surface area contributed by atoms with Gasteiger partial charge in [0, 0.05) is 16.1 Å². The highest BCUT2D eigenvalue weighted by molar-refractivity contribution is 8.00. The minimum absolute atomic E-state index is 0.0204. The molecule has 0 bridgehead atoms. The molecular weight excluding hydrogens is 387 g/mol. The van der Waals surface area contributed by atoms with Gasteiger partial charge in [-0.2, -0.15) is 13.2 Å². The summed E-state index contributed by atoms with van der Waals surface area (Å²) >= 11 is 6.60. The Kier molecular flexibility index (Phi) is 5.03. The number of nitrogens with one attached hydrogen (secondary N) is 1. The summed E-state index contributed by atoms with van der Waals surface area (Å²) in [7, 11) is 0. The van der Waals surface area contributed by atoms with Crippen LogP contribution in [0.1, 0.15) is 34.3 Å². The zero-order valence-electron chi connectivity index (χ0n) is 13.5. The summed E-state index contributed by atoms with van der Waals surface area (Å²) in [4.78, 5) is 24.3. The van der Waals surface area contributed by atoms with Crippen molar-refractivity contribution in [3.63, 3.8) is 0 Å². The van der Waals surface area contributed by atoms with E-state index in [2.05, 4.69) is 5.32 Å². The number of hydrogen-bond donors (Lipinski definition) is 1. The second-order valence-corrected chi connectivity index (χ2v) is 7.32. The first-order valence-corrected chi connectivity index (χ1v) is 9.00. The fourth-order valence-electron chi connectivity index (χ4n) is 2.63. The van der Waals surface area contributed by atoms with Gasteiger partial charge in [-0.05, 0) is 48.9 Å². The van der Waals surface area contributed by atoms with E-state index >= 15 is 0 Å². The lowest BCUT2D eigenvalue weighted by molar-refractivity contribution is -0.137. The Bertz CT molecular complexity index is 898. The first kappa shape index (κ1) is 18.8. The van der Waals surface area contributed by atoms with Crippen LogP contribution in [0.25, 0.3) is 0 Å². The zero-order valence-corrected chi connectivity index (χ0v) is 15.1. The summed E-state index contributed by atoms with van der Waals surface area (Å²) < 4.78 is 38.7. The Labute approximate surface area is 156 Å². The van der Waals surface area contributed by atoms with Crippen molar-refractivity contribution >= 4 is 40.7 Å². The van der Waals surface area contributed by atoms with Crippen molar-refractivity contribution in [1.82, 2.24) is 0 Å². The highest BCUT2D eigenvalue weighted by Gasteiger charge is 2.33. The standard InChI is InChI=1S/C18H13ClF3NO2S/c1-9-12-6-10(2-5-15(12)23-17(9)25)16(24)8-26-11-3-4-14(19)13(7-11)18(20,21)22/h2-7,9H,8H2,1H3,(H,23,25)/t9-/m0/s1. The number of amides is 1. The molecule has 2 aromatic carbocycles. The van der Waals surface area contributed by atoms with Gasteiger partial charge in [0.15, 0.2) is 5.78 Å². The molecule has 8 heteroatoms. The number of benzene rings is 2. The Morgan fingerprint density at radius 2 is 1.96 bits per heavy atom. The fraction of sp³-hybridized carbons (Fsp3) is 0.222. The molecule has 136 valence electrons. The van der Waals surface area contributed by atoms with Crippen molar-refractivity contribution in [2.45, 2.75) is 23.9 Å². The molecule has 2 aromatic rings. The first-order valence-electron chi connectivity index (χ1n) is 7.64. The van der Waals surface area contributed by atoms with Crippen molar-refractivity contribution in [3.05, 3.63) is 58.1 Å². The number of alkyl halides is 3. The minimum Gasteiger partial charge on any atom is -0.325 e. The van der Waals surface area contributed by atoms with Gasteiger partial charge in [0.05, 0.1) is 22.3 Å². The zero-order chi connectivity index (χ0) is 19.1. The molecule has 0 aliphatic carbocycles. The van der Waals surface area contributed by atoms with E-state index in [1.54, 1.807) is 25.1 Å². The van der Waals surface area contributed by atoms with Crippen LogP contribution in [-0.2, 0) is 11.0 Å². The predicted octanol–water partition coefficient (Wildman–Crippen LogP) is 5.39. The van der Waals surface area contributed by atoms with E-state index in [9.17, 15) is 22.8 Å². The SMILES string of the molecule is C[C@@H]1C(=O)Nc2ccc(C(=O)CSc3ccc(Cl)c(C(F)(F)F)c3)cc21. The van der Waals surface area contributed by atoms with Gasteiger partial charge in [0.25, 0.3) is 0 Å². The molecule has 1 amide bonds. The molecule has 0 aromatic heterocycles. The molecule has 3 rings (SSSR count). The molecule has 1 heterocycles. The van der Waals surface area contributed by atoms with Gasteiger partial charge < -0.3 is 5.32 Å². The molecule has 1 aliphatic heterocycles. The maximum absolute atomic E-state index is 12.9. The number of rotatable bonds is 4. The number of Topliss-reactive ketones (excluding diaryl/α,β-unsaturated/α-hetero) is 1. The number of anilines is 1. The number of thioether (sulfide) groups is 1. The maximum atomic E-state index is 12.9. The number of halogens is 4. The molecule has 0 saturated carbocycles. The number of carbonyl (C=O) groups is 2. The lowest BCUT2D eigenvalue weighted by Crippen LogP contribution is -2.08. The normalized spacial score (nSPS) is 16.3. The van der Waals surface area contributed by atoms with Gasteiger partial charge in [-0.15, -0.1) is 11.8 Å². The molecule has 0 spiro atoms. The van der Waals surface area contributed by atoms with Crippen molar-refractivity contribution < 1.29 is 22.8 Å². The third-order valence-corrected chi connectivity index (χ3v) is 5.43. The van der Waals surface area contributed by atoms with E-state index in [0.29, 0.717) is 16.1 Å². The van der Waals surface area contributed by atoms with E-state index in [0.717, 1.165) is 23.4 Å². The molecule has 0 radical (unpaired) electrons. The first-order chi connectivity index (χ1) is 12.2. The van der Waals surface area contributed by atoms with Crippen molar-refractivity contribution in [3.8, 4) is 0 Å². The molecule has 0 unspecified atom stereocenters. The predicted molar refractivity (Wildman–Crippen MR) is 95.0 cm³/mol. The number of ketones is 1. The summed E-state index contributed by atoms with van der Waals surface area (Å²) in [6.07, 6.45) is -4.55. The fourth-order valence-corrected chi connectivity index (χ4v) is 3.69.